The van der Waals surface area contributed by atoms with Crippen LogP contribution in [0.5, 0.6) is 5.75 Å². The number of imide groups is 1. The molecule has 7 nitrogen and oxygen atoms in total. The molecule has 186 valence electrons. The van der Waals surface area contributed by atoms with Gasteiger partial charge in [0, 0.05) is 38.4 Å². The summed E-state index contributed by atoms with van der Waals surface area (Å²) in [5.41, 5.74) is 0.992. The van der Waals surface area contributed by atoms with Gasteiger partial charge in [0.1, 0.15) is 11.4 Å². The number of hydrogen-bond acceptors (Lipinski definition) is 5. The summed E-state index contributed by atoms with van der Waals surface area (Å²) in [6, 6.07) is 14.3. The summed E-state index contributed by atoms with van der Waals surface area (Å²) in [7, 11) is 0. The lowest BCUT2D eigenvalue weighted by Crippen LogP contribution is -2.54. The number of likely N-dealkylation sites (tertiary alicyclic amines) is 1. The van der Waals surface area contributed by atoms with Crippen molar-refractivity contribution in [3.05, 3.63) is 65.2 Å². The molecule has 2 aromatic rings. The highest BCUT2D eigenvalue weighted by molar-refractivity contribution is 6.21. The summed E-state index contributed by atoms with van der Waals surface area (Å²) in [6.45, 7) is 1.38. The molecule has 2 aromatic carbocycles. The second-order valence-electron chi connectivity index (χ2n) is 10.6. The van der Waals surface area contributed by atoms with Crippen LogP contribution in [0.4, 0.5) is 0 Å². The number of Topliss-reactive ketones (excluding diaryl/α,β-unsaturated/α-hetero) is 1. The van der Waals surface area contributed by atoms with E-state index in [0.717, 1.165) is 25.7 Å². The van der Waals surface area contributed by atoms with Crippen molar-refractivity contribution in [1.82, 2.24) is 9.80 Å². The lowest BCUT2D eigenvalue weighted by Gasteiger charge is -2.45. The van der Waals surface area contributed by atoms with E-state index in [2.05, 4.69) is 0 Å². The fourth-order valence-electron chi connectivity index (χ4n) is 6.48. The standard InChI is InChI=1S/C29H30N2O5/c32-24-17-29(36-25-12-6-5-11-23(24)25)13-15-30(16-14-29)26(33)20-8-2-1-7-19(20)18-31-27(34)21-9-3-4-10-22(21)28(31)35/h3-6,9-12,19-20H,1-2,7-8,13-18H2. The number of carbonyl (C=O) groups is 4. The summed E-state index contributed by atoms with van der Waals surface area (Å²) in [5.74, 6) is 0.0919. The van der Waals surface area contributed by atoms with E-state index in [1.807, 2.05) is 23.1 Å². The third-order valence-corrected chi connectivity index (χ3v) is 8.50. The van der Waals surface area contributed by atoms with Gasteiger partial charge in [0.2, 0.25) is 5.91 Å². The van der Waals surface area contributed by atoms with Gasteiger partial charge in [-0.1, -0.05) is 37.1 Å². The molecule has 36 heavy (non-hydrogen) atoms. The summed E-state index contributed by atoms with van der Waals surface area (Å²) in [5, 5.41) is 0. The van der Waals surface area contributed by atoms with Crippen molar-refractivity contribution in [2.24, 2.45) is 11.8 Å². The summed E-state index contributed by atoms with van der Waals surface area (Å²) >= 11 is 0. The maximum absolute atomic E-state index is 13.7. The second kappa shape index (κ2) is 8.87. The number of hydrogen-bond donors (Lipinski definition) is 0. The monoisotopic (exact) mass is 486 g/mol. The third kappa shape index (κ3) is 3.81. The Balaban J connectivity index is 1.13. The van der Waals surface area contributed by atoms with Crippen molar-refractivity contribution in [3.8, 4) is 5.75 Å². The molecular formula is C29H30N2O5. The zero-order valence-corrected chi connectivity index (χ0v) is 20.3. The van der Waals surface area contributed by atoms with Crippen molar-refractivity contribution < 1.29 is 23.9 Å². The smallest absolute Gasteiger partial charge is 0.261 e. The van der Waals surface area contributed by atoms with Crippen molar-refractivity contribution in [2.75, 3.05) is 19.6 Å². The van der Waals surface area contributed by atoms with Crippen LogP contribution in [0.25, 0.3) is 0 Å². The van der Waals surface area contributed by atoms with Crippen molar-refractivity contribution >= 4 is 23.5 Å². The fourth-order valence-corrected chi connectivity index (χ4v) is 6.48. The molecule has 0 bridgehead atoms. The van der Waals surface area contributed by atoms with Gasteiger partial charge >= 0.3 is 0 Å². The Labute approximate surface area is 210 Å². The van der Waals surface area contributed by atoms with Gasteiger partial charge in [-0.15, -0.1) is 0 Å². The van der Waals surface area contributed by atoms with Crippen LogP contribution in [0.3, 0.4) is 0 Å². The number of carbonyl (C=O) groups excluding carboxylic acids is 4. The van der Waals surface area contributed by atoms with Crippen LogP contribution in [0.2, 0.25) is 0 Å². The van der Waals surface area contributed by atoms with Crippen molar-refractivity contribution in [3.63, 3.8) is 0 Å². The number of amides is 3. The van der Waals surface area contributed by atoms with Crippen molar-refractivity contribution in [2.45, 2.75) is 50.5 Å². The molecule has 0 N–H and O–H groups in total. The topological polar surface area (TPSA) is 84.0 Å². The molecule has 3 amide bonds. The lowest BCUT2D eigenvalue weighted by atomic mass is 9.77. The van der Waals surface area contributed by atoms with Gasteiger partial charge in [-0.3, -0.25) is 24.1 Å². The molecule has 2 atom stereocenters. The van der Waals surface area contributed by atoms with Crippen LogP contribution < -0.4 is 4.74 Å². The minimum absolute atomic E-state index is 0.0382. The van der Waals surface area contributed by atoms with Gasteiger partial charge in [0.15, 0.2) is 5.78 Å². The minimum Gasteiger partial charge on any atom is -0.486 e. The Hall–Kier alpha value is -3.48. The zero-order chi connectivity index (χ0) is 24.9. The van der Waals surface area contributed by atoms with Gasteiger partial charge in [-0.2, -0.15) is 0 Å². The van der Waals surface area contributed by atoms with E-state index in [1.165, 1.54) is 4.90 Å². The van der Waals surface area contributed by atoms with Crippen LogP contribution in [0.1, 0.15) is 76.0 Å². The molecule has 1 saturated carbocycles. The SMILES string of the molecule is O=C1CC2(CCN(C(=O)C3CCCCC3CN3C(=O)c4ccccc4C3=O)CC2)Oc2ccccc21. The highest BCUT2D eigenvalue weighted by Crippen LogP contribution is 2.40. The first-order valence-corrected chi connectivity index (χ1v) is 13.0. The number of fused-ring (bicyclic) bond motifs is 2. The van der Waals surface area contributed by atoms with Crippen LogP contribution in [-0.2, 0) is 4.79 Å². The molecule has 1 spiro atoms. The average Bonchev–Trinajstić information content (AvgIpc) is 3.14. The number of nitrogens with zero attached hydrogens (tertiary/aromatic N) is 2. The lowest BCUT2D eigenvalue weighted by molar-refractivity contribution is -0.142. The molecule has 1 aliphatic carbocycles. The molecule has 3 heterocycles. The van der Waals surface area contributed by atoms with Crippen LogP contribution in [-0.4, -0.2) is 58.5 Å². The van der Waals surface area contributed by atoms with E-state index in [4.69, 9.17) is 4.74 Å². The predicted molar refractivity (Wildman–Crippen MR) is 132 cm³/mol. The average molecular weight is 487 g/mol. The highest BCUT2D eigenvalue weighted by atomic mass is 16.5. The van der Waals surface area contributed by atoms with Crippen LogP contribution in [0.15, 0.2) is 48.5 Å². The Morgan fingerprint density at radius 3 is 2.17 bits per heavy atom. The molecule has 4 aliphatic rings. The number of benzene rings is 2. The van der Waals surface area contributed by atoms with E-state index in [1.54, 1.807) is 30.3 Å². The van der Waals surface area contributed by atoms with E-state index in [9.17, 15) is 19.2 Å². The van der Waals surface area contributed by atoms with Gasteiger partial charge in [0.05, 0.1) is 23.1 Å². The summed E-state index contributed by atoms with van der Waals surface area (Å²) in [6.07, 6.45) is 5.16. The second-order valence-corrected chi connectivity index (χ2v) is 10.6. The van der Waals surface area contributed by atoms with E-state index in [0.29, 0.717) is 54.8 Å². The fraction of sp³-hybridized carbons (Fsp3) is 0.448. The third-order valence-electron chi connectivity index (χ3n) is 8.50. The number of ether oxygens (including phenoxy) is 1. The zero-order valence-electron chi connectivity index (χ0n) is 20.3. The highest BCUT2D eigenvalue weighted by Gasteiger charge is 2.46. The van der Waals surface area contributed by atoms with E-state index in [-0.39, 0.29) is 41.9 Å². The van der Waals surface area contributed by atoms with Crippen molar-refractivity contribution in [1.29, 1.82) is 0 Å². The first kappa shape index (κ1) is 23.0. The molecule has 3 aliphatic heterocycles. The first-order valence-electron chi connectivity index (χ1n) is 13.0. The molecule has 2 unspecified atom stereocenters. The Bertz CT molecular complexity index is 1210. The Morgan fingerprint density at radius 2 is 1.47 bits per heavy atom. The van der Waals surface area contributed by atoms with Gasteiger partial charge in [-0.05, 0) is 43.0 Å². The normalized spacial score (nSPS) is 24.9. The molecule has 6 rings (SSSR count). The summed E-state index contributed by atoms with van der Waals surface area (Å²) < 4.78 is 6.33. The quantitative estimate of drug-likeness (QED) is 0.610. The maximum Gasteiger partial charge on any atom is 0.261 e. The molecular weight excluding hydrogens is 456 g/mol. The number of para-hydroxylation sites is 1. The van der Waals surface area contributed by atoms with E-state index >= 15 is 0 Å². The maximum atomic E-state index is 13.7. The van der Waals surface area contributed by atoms with Crippen LogP contribution in [0, 0.1) is 11.8 Å². The minimum atomic E-state index is -0.547. The van der Waals surface area contributed by atoms with Crippen LogP contribution >= 0.6 is 0 Å². The molecule has 1 saturated heterocycles. The van der Waals surface area contributed by atoms with Gasteiger partial charge in [0.25, 0.3) is 11.8 Å². The van der Waals surface area contributed by atoms with Gasteiger partial charge in [-0.25, -0.2) is 0 Å². The Kier molecular flexibility index (Phi) is 5.66. The molecule has 0 radical (unpaired) electrons. The molecule has 2 fully saturated rings. The molecule has 7 heteroatoms. The predicted octanol–water partition coefficient (Wildman–Crippen LogP) is 4.12. The molecule has 0 aromatic heterocycles. The number of rotatable bonds is 3. The largest absolute Gasteiger partial charge is 0.486 e. The summed E-state index contributed by atoms with van der Waals surface area (Å²) in [4.78, 5) is 55.5. The Morgan fingerprint density at radius 1 is 0.861 bits per heavy atom. The number of piperidine rings is 1. The number of ketones is 1. The first-order chi connectivity index (χ1) is 17.5. The van der Waals surface area contributed by atoms with Gasteiger partial charge < -0.3 is 9.64 Å². The van der Waals surface area contributed by atoms with E-state index < -0.39 is 5.60 Å².